The zero-order valence-electron chi connectivity index (χ0n) is 7.75. The highest BCUT2D eigenvalue weighted by Gasteiger charge is 2.10. The standard InChI is InChI=1S/C9H8N4O2/c14-9(8-10-12-13-11-8)15-6-7-4-2-1-3-5-7/h1-5H,6H2,(H,10,11,12,13). The highest BCUT2D eigenvalue weighted by Crippen LogP contribution is 2.02. The van der Waals surface area contributed by atoms with Gasteiger partial charge in [-0.15, -0.1) is 5.10 Å². The summed E-state index contributed by atoms with van der Waals surface area (Å²) >= 11 is 0. The van der Waals surface area contributed by atoms with E-state index in [0.29, 0.717) is 0 Å². The van der Waals surface area contributed by atoms with Crippen LogP contribution in [0.5, 0.6) is 0 Å². The predicted molar refractivity (Wildman–Crippen MR) is 49.7 cm³/mol. The molecule has 1 N–H and O–H groups in total. The molecule has 0 unspecified atom stereocenters. The lowest BCUT2D eigenvalue weighted by molar-refractivity contribution is 0.0458. The largest absolute Gasteiger partial charge is 0.455 e. The fourth-order valence-electron chi connectivity index (χ4n) is 1.04. The van der Waals surface area contributed by atoms with E-state index < -0.39 is 5.97 Å². The van der Waals surface area contributed by atoms with Crippen LogP contribution in [0, 0.1) is 0 Å². The van der Waals surface area contributed by atoms with Gasteiger partial charge in [-0.3, -0.25) is 0 Å². The van der Waals surface area contributed by atoms with Crippen molar-refractivity contribution in [1.82, 2.24) is 20.6 Å². The van der Waals surface area contributed by atoms with Crippen molar-refractivity contribution >= 4 is 5.97 Å². The van der Waals surface area contributed by atoms with Crippen LogP contribution in [-0.4, -0.2) is 26.6 Å². The molecule has 0 amide bonds. The maximum atomic E-state index is 11.3. The lowest BCUT2D eigenvalue weighted by Crippen LogP contribution is -2.07. The Kier molecular flexibility index (Phi) is 2.68. The van der Waals surface area contributed by atoms with E-state index in [2.05, 4.69) is 20.6 Å². The Labute approximate surface area is 85.3 Å². The molecule has 0 aliphatic rings. The second-order valence-electron chi connectivity index (χ2n) is 2.81. The number of nitrogens with zero attached hydrogens (tertiary/aromatic N) is 3. The summed E-state index contributed by atoms with van der Waals surface area (Å²) in [5.41, 5.74) is 0.915. The number of aromatic nitrogens is 4. The van der Waals surface area contributed by atoms with Gasteiger partial charge in [0.05, 0.1) is 0 Å². The topological polar surface area (TPSA) is 80.8 Å². The van der Waals surface area contributed by atoms with Gasteiger partial charge < -0.3 is 4.74 Å². The molecule has 0 fully saturated rings. The summed E-state index contributed by atoms with van der Waals surface area (Å²) in [6.45, 7) is 0.209. The number of nitrogens with one attached hydrogen (secondary N) is 1. The Morgan fingerprint density at radius 1 is 1.33 bits per heavy atom. The van der Waals surface area contributed by atoms with Crippen LogP contribution >= 0.6 is 0 Å². The first kappa shape index (κ1) is 9.32. The van der Waals surface area contributed by atoms with Crippen molar-refractivity contribution in [3.8, 4) is 0 Å². The number of tetrazole rings is 1. The average molecular weight is 204 g/mol. The highest BCUT2D eigenvalue weighted by molar-refractivity contribution is 5.84. The molecule has 1 aromatic heterocycles. The molecule has 2 aromatic rings. The summed E-state index contributed by atoms with van der Waals surface area (Å²) in [6, 6.07) is 9.38. The molecule has 0 bridgehead atoms. The van der Waals surface area contributed by atoms with Gasteiger partial charge in [-0.2, -0.15) is 0 Å². The molecule has 0 spiro atoms. The fourth-order valence-corrected chi connectivity index (χ4v) is 1.04. The first-order valence-electron chi connectivity index (χ1n) is 4.31. The molecular weight excluding hydrogens is 196 g/mol. The number of esters is 1. The van der Waals surface area contributed by atoms with Gasteiger partial charge in [0.15, 0.2) is 0 Å². The van der Waals surface area contributed by atoms with Crippen molar-refractivity contribution in [2.24, 2.45) is 0 Å². The van der Waals surface area contributed by atoms with E-state index >= 15 is 0 Å². The summed E-state index contributed by atoms with van der Waals surface area (Å²) in [4.78, 5) is 11.3. The smallest absolute Gasteiger partial charge is 0.378 e. The number of ether oxygens (including phenoxy) is 1. The Hall–Kier alpha value is -2.24. The van der Waals surface area contributed by atoms with Crippen LogP contribution in [0.1, 0.15) is 16.2 Å². The van der Waals surface area contributed by atoms with Crippen LogP contribution in [0.25, 0.3) is 0 Å². The van der Waals surface area contributed by atoms with E-state index in [-0.39, 0.29) is 12.4 Å². The Bertz CT molecular complexity index is 427. The minimum absolute atomic E-state index is 0.00549. The average Bonchev–Trinajstić information content (AvgIpc) is 2.81. The van der Waals surface area contributed by atoms with Gasteiger partial charge in [0.1, 0.15) is 6.61 Å². The fraction of sp³-hybridized carbons (Fsp3) is 0.111. The normalized spacial score (nSPS) is 9.87. The minimum Gasteiger partial charge on any atom is -0.455 e. The molecule has 0 aliphatic carbocycles. The third-order valence-corrected chi connectivity index (χ3v) is 1.75. The Morgan fingerprint density at radius 2 is 2.13 bits per heavy atom. The molecule has 1 heterocycles. The maximum Gasteiger partial charge on any atom is 0.378 e. The zero-order valence-corrected chi connectivity index (χ0v) is 7.75. The number of benzene rings is 1. The van der Waals surface area contributed by atoms with Crippen molar-refractivity contribution < 1.29 is 9.53 Å². The van der Waals surface area contributed by atoms with E-state index in [1.807, 2.05) is 30.3 Å². The summed E-state index contributed by atoms with van der Waals surface area (Å²) < 4.78 is 4.96. The summed E-state index contributed by atoms with van der Waals surface area (Å²) in [6.07, 6.45) is 0. The number of carbonyl (C=O) groups is 1. The van der Waals surface area contributed by atoms with E-state index in [4.69, 9.17) is 4.74 Å². The first-order chi connectivity index (χ1) is 7.36. The van der Waals surface area contributed by atoms with Gasteiger partial charge in [-0.05, 0) is 16.0 Å². The van der Waals surface area contributed by atoms with Gasteiger partial charge in [0.25, 0.3) is 5.82 Å². The van der Waals surface area contributed by atoms with E-state index in [1.165, 1.54) is 0 Å². The van der Waals surface area contributed by atoms with Gasteiger partial charge >= 0.3 is 5.97 Å². The zero-order chi connectivity index (χ0) is 10.5. The molecule has 6 heteroatoms. The number of hydrogen-bond donors (Lipinski definition) is 1. The van der Waals surface area contributed by atoms with Crippen LogP contribution in [0.2, 0.25) is 0 Å². The van der Waals surface area contributed by atoms with E-state index in [0.717, 1.165) is 5.56 Å². The number of hydrogen-bond acceptors (Lipinski definition) is 5. The van der Waals surface area contributed by atoms with E-state index in [9.17, 15) is 4.79 Å². The molecule has 76 valence electrons. The third-order valence-electron chi connectivity index (χ3n) is 1.75. The van der Waals surface area contributed by atoms with Gasteiger partial charge in [-0.25, -0.2) is 9.89 Å². The SMILES string of the molecule is O=C(OCc1ccccc1)c1nnn[nH]1. The number of aromatic amines is 1. The molecule has 0 saturated carbocycles. The third kappa shape index (κ3) is 2.37. The van der Waals surface area contributed by atoms with Crippen LogP contribution < -0.4 is 0 Å². The molecule has 2 rings (SSSR count). The molecule has 1 aromatic carbocycles. The van der Waals surface area contributed by atoms with Crippen LogP contribution in [0.4, 0.5) is 0 Å². The van der Waals surface area contributed by atoms with Crippen LogP contribution in [0.3, 0.4) is 0 Å². The number of H-pyrrole nitrogens is 1. The molecule has 0 atom stereocenters. The number of carbonyl (C=O) groups excluding carboxylic acids is 1. The molecule has 15 heavy (non-hydrogen) atoms. The summed E-state index contributed by atoms with van der Waals surface area (Å²) in [5, 5.41) is 12.3. The van der Waals surface area contributed by atoms with Crippen LogP contribution in [-0.2, 0) is 11.3 Å². The van der Waals surface area contributed by atoms with E-state index in [1.54, 1.807) is 0 Å². The minimum atomic E-state index is -0.566. The lowest BCUT2D eigenvalue weighted by atomic mass is 10.2. The molecule has 6 nitrogen and oxygen atoms in total. The van der Waals surface area contributed by atoms with Gasteiger partial charge in [0.2, 0.25) is 0 Å². The molecule has 0 radical (unpaired) electrons. The summed E-state index contributed by atoms with van der Waals surface area (Å²) in [7, 11) is 0. The van der Waals surface area contributed by atoms with Gasteiger partial charge in [-0.1, -0.05) is 30.3 Å². The lowest BCUT2D eigenvalue weighted by Gasteiger charge is -2.01. The second kappa shape index (κ2) is 4.32. The van der Waals surface area contributed by atoms with Crippen molar-refractivity contribution in [2.45, 2.75) is 6.61 Å². The Balaban J connectivity index is 1.92. The quantitative estimate of drug-likeness (QED) is 0.738. The first-order valence-corrected chi connectivity index (χ1v) is 4.31. The second-order valence-corrected chi connectivity index (χ2v) is 2.81. The van der Waals surface area contributed by atoms with Gasteiger partial charge in [0, 0.05) is 0 Å². The molecule has 0 aliphatic heterocycles. The van der Waals surface area contributed by atoms with Crippen LogP contribution in [0.15, 0.2) is 30.3 Å². The maximum absolute atomic E-state index is 11.3. The highest BCUT2D eigenvalue weighted by atomic mass is 16.5. The molecule has 0 saturated heterocycles. The van der Waals surface area contributed by atoms with Crippen molar-refractivity contribution in [3.05, 3.63) is 41.7 Å². The molecular formula is C9H8N4O2. The van der Waals surface area contributed by atoms with Crippen molar-refractivity contribution in [2.75, 3.05) is 0 Å². The Morgan fingerprint density at radius 3 is 2.80 bits per heavy atom. The monoisotopic (exact) mass is 204 g/mol. The van der Waals surface area contributed by atoms with Crippen molar-refractivity contribution in [3.63, 3.8) is 0 Å². The predicted octanol–water partition coefficient (Wildman–Crippen LogP) is 0.557. The number of rotatable bonds is 3. The van der Waals surface area contributed by atoms with Crippen molar-refractivity contribution in [1.29, 1.82) is 0 Å². The summed E-state index contributed by atoms with van der Waals surface area (Å²) in [5.74, 6) is -0.560.